The minimum absolute atomic E-state index is 0.620. The number of hydrogen-bond acceptors (Lipinski definition) is 1. The number of hydrogen-bond donors (Lipinski definition) is 1. The van der Waals surface area contributed by atoms with Gasteiger partial charge in [0.05, 0.1) is 0 Å². The number of halogens is 1. The van der Waals surface area contributed by atoms with Crippen molar-refractivity contribution in [2.24, 2.45) is 0 Å². The summed E-state index contributed by atoms with van der Waals surface area (Å²) in [6, 6.07) is 8.86. The van der Waals surface area contributed by atoms with Gasteiger partial charge in [0.15, 0.2) is 5.11 Å². The third-order valence-electron chi connectivity index (χ3n) is 2.62. The van der Waals surface area contributed by atoms with Gasteiger partial charge in [-0.3, -0.25) is 0 Å². The summed E-state index contributed by atoms with van der Waals surface area (Å²) >= 11 is 8.88. The Morgan fingerprint density at radius 3 is 2.81 bits per heavy atom. The quantitative estimate of drug-likeness (QED) is 0.864. The Hall–Kier alpha value is -0.610. The lowest BCUT2D eigenvalue weighted by Gasteiger charge is -2.21. The van der Waals surface area contributed by atoms with Gasteiger partial charge < -0.3 is 10.2 Å². The van der Waals surface area contributed by atoms with Crippen LogP contribution in [0.15, 0.2) is 28.7 Å². The van der Waals surface area contributed by atoms with E-state index in [1.807, 2.05) is 19.2 Å². The summed E-state index contributed by atoms with van der Waals surface area (Å²) in [5.74, 6) is 0. The van der Waals surface area contributed by atoms with Crippen molar-refractivity contribution in [3.8, 4) is 0 Å². The highest BCUT2D eigenvalue weighted by atomic mass is 79.9. The van der Waals surface area contributed by atoms with Gasteiger partial charge in [-0.15, -0.1) is 0 Å². The molecule has 0 atom stereocenters. The molecular weight excluding hydrogens is 284 g/mol. The van der Waals surface area contributed by atoms with Gasteiger partial charge in [-0.2, -0.15) is 0 Å². The first-order valence-electron chi connectivity index (χ1n) is 5.42. The van der Waals surface area contributed by atoms with Gasteiger partial charge in [0, 0.05) is 24.1 Å². The number of nitrogens with zero attached hydrogens (tertiary/aromatic N) is 1. The zero-order valence-corrected chi connectivity index (χ0v) is 11.6. The second-order valence-electron chi connectivity index (χ2n) is 4.17. The average molecular weight is 299 g/mol. The van der Waals surface area contributed by atoms with Gasteiger partial charge in [-0.05, 0) is 36.7 Å². The highest BCUT2D eigenvalue weighted by Gasteiger charge is 2.22. The average Bonchev–Trinajstić information content (AvgIpc) is 3.05. The Balaban J connectivity index is 1.92. The van der Waals surface area contributed by atoms with E-state index in [0.717, 1.165) is 16.1 Å². The molecule has 86 valence electrons. The van der Waals surface area contributed by atoms with E-state index in [1.54, 1.807) is 0 Å². The summed E-state index contributed by atoms with van der Waals surface area (Å²) in [4.78, 5) is 2.08. The molecule has 1 fully saturated rings. The lowest BCUT2D eigenvalue weighted by Crippen LogP contribution is -2.37. The Labute approximate surface area is 110 Å². The molecule has 4 heteroatoms. The van der Waals surface area contributed by atoms with E-state index in [4.69, 9.17) is 12.2 Å². The summed E-state index contributed by atoms with van der Waals surface area (Å²) < 4.78 is 1.14. The van der Waals surface area contributed by atoms with Crippen LogP contribution >= 0.6 is 28.1 Å². The van der Waals surface area contributed by atoms with Crippen molar-refractivity contribution in [2.75, 3.05) is 7.05 Å². The van der Waals surface area contributed by atoms with E-state index >= 15 is 0 Å². The van der Waals surface area contributed by atoms with Gasteiger partial charge in [-0.25, -0.2) is 0 Å². The Bertz CT molecular complexity index is 390. The summed E-state index contributed by atoms with van der Waals surface area (Å²) in [5.41, 5.74) is 1.25. The highest BCUT2D eigenvalue weighted by Crippen LogP contribution is 2.20. The second-order valence-corrected chi connectivity index (χ2v) is 5.41. The molecule has 0 radical (unpaired) electrons. The summed E-state index contributed by atoms with van der Waals surface area (Å²) in [7, 11) is 2.02. The van der Waals surface area contributed by atoms with Crippen molar-refractivity contribution in [3.63, 3.8) is 0 Å². The normalized spacial score (nSPS) is 14.6. The molecule has 0 aromatic heterocycles. The van der Waals surface area contributed by atoms with Crippen molar-refractivity contribution in [1.82, 2.24) is 10.2 Å². The van der Waals surface area contributed by atoms with Crippen molar-refractivity contribution >= 4 is 33.3 Å². The summed E-state index contributed by atoms with van der Waals surface area (Å²) in [5, 5.41) is 4.18. The van der Waals surface area contributed by atoms with Crippen molar-refractivity contribution in [3.05, 3.63) is 34.3 Å². The smallest absolute Gasteiger partial charge is 0.169 e. The van der Waals surface area contributed by atoms with Gasteiger partial charge >= 0.3 is 0 Å². The van der Waals surface area contributed by atoms with Crippen LogP contribution in [0.1, 0.15) is 18.4 Å². The fraction of sp³-hybridized carbons (Fsp3) is 0.417. The Morgan fingerprint density at radius 2 is 2.19 bits per heavy atom. The van der Waals surface area contributed by atoms with Crippen LogP contribution in [-0.4, -0.2) is 23.1 Å². The van der Waals surface area contributed by atoms with Gasteiger partial charge in [-0.1, -0.05) is 34.1 Å². The van der Waals surface area contributed by atoms with Gasteiger partial charge in [0.25, 0.3) is 0 Å². The first-order chi connectivity index (χ1) is 7.66. The minimum atomic E-state index is 0.620. The van der Waals surface area contributed by atoms with Crippen LogP contribution < -0.4 is 5.32 Å². The van der Waals surface area contributed by atoms with Crippen molar-refractivity contribution in [2.45, 2.75) is 25.4 Å². The standard InChI is InChI=1S/C12H15BrN2S/c1-15(12(16)14-10-6-7-10)8-9-4-2-3-5-11(9)13/h2-5,10H,6-8H2,1H3,(H,14,16). The molecule has 16 heavy (non-hydrogen) atoms. The van der Waals surface area contributed by atoms with E-state index in [2.05, 4.69) is 38.3 Å². The van der Waals surface area contributed by atoms with Crippen molar-refractivity contribution in [1.29, 1.82) is 0 Å². The van der Waals surface area contributed by atoms with Crippen LogP contribution in [0.2, 0.25) is 0 Å². The lowest BCUT2D eigenvalue weighted by atomic mass is 10.2. The topological polar surface area (TPSA) is 15.3 Å². The van der Waals surface area contributed by atoms with Crippen molar-refractivity contribution < 1.29 is 0 Å². The Morgan fingerprint density at radius 1 is 1.50 bits per heavy atom. The largest absolute Gasteiger partial charge is 0.360 e. The predicted molar refractivity (Wildman–Crippen MR) is 74.4 cm³/mol. The number of nitrogens with one attached hydrogen (secondary N) is 1. The fourth-order valence-electron chi connectivity index (χ4n) is 1.47. The maximum absolute atomic E-state index is 5.33. The molecule has 0 saturated heterocycles. The minimum Gasteiger partial charge on any atom is -0.360 e. The highest BCUT2D eigenvalue weighted by molar-refractivity contribution is 9.10. The molecule has 1 aliphatic carbocycles. The molecule has 1 aromatic rings. The van der Waals surface area contributed by atoms with E-state index < -0.39 is 0 Å². The molecule has 1 saturated carbocycles. The van der Waals surface area contributed by atoms with Crippen LogP contribution in [0.4, 0.5) is 0 Å². The van der Waals surface area contributed by atoms with E-state index in [0.29, 0.717) is 6.04 Å². The van der Waals surface area contributed by atoms with E-state index in [1.165, 1.54) is 18.4 Å². The summed E-state index contributed by atoms with van der Waals surface area (Å²) in [6.07, 6.45) is 2.51. The maximum atomic E-state index is 5.33. The molecule has 0 aliphatic heterocycles. The Kier molecular flexibility index (Phi) is 3.82. The molecule has 1 aliphatic rings. The van der Waals surface area contributed by atoms with Crippen LogP contribution in [0.25, 0.3) is 0 Å². The van der Waals surface area contributed by atoms with Crippen LogP contribution in [0.3, 0.4) is 0 Å². The lowest BCUT2D eigenvalue weighted by molar-refractivity contribution is 0.487. The molecule has 0 spiro atoms. The molecule has 0 amide bonds. The molecule has 1 aromatic carbocycles. The van der Waals surface area contributed by atoms with Crippen LogP contribution in [-0.2, 0) is 6.54 Å². The molecule has 0 unspecified atom stereocenters. The first-order valence-corrected chi connectivity index (χ1v) is 6.62. The molecule has 2 nitrogen and oxygen atoms in total. The van der Waals surface area contributed by atoms with E-state index in [9.17, 15) is 0 Å². The zero-order valence-electron chi connectivity index (χ0n) is 9.24. The van der Waals surface area contributed by atoms with E-state index in [-0.39, 0.29) is 0 Å². The first kappa shape index (κ1) is 11.9. The number of rotatable bonds is 3. The number of thiocarbonyl (C=S) groups is 1. The van der Waals surface area contributed by atoms with Gasteiger partial charge in [0.1, 0.15) is 0 Å². The van der Waals surface area contributed by atoms with Gasteiger partial charge in [0.2, 0.25) is 0 Å². The SMILES string of the molecule is CN(Cc1ccccc1Br)C(=S)NC1CC1. The van der Waals surface area contributed by atoms with Crippen LogP contribution in [0, 0.1) is 0 Å². The zero-order chi connectivity index (χ0) is 11.5. The molecular formula is C12H15BrN2S. The summed E-state index contributed by atoms with van der Waals surface area (Å²) in [6.45, 7) is 0.833. The third kappa shape index (κ3) is 3.19. The predicted octanol–water partition coefficient (Wildman–Crippen LogP) is 2.92. The fourth-order valence-corrected chi connectivity index (χ4v) is 2.11. The second kappa shape index (κ2) is 5.15. The molecule has 2 rings (SSSR count). The molecule has 0 bridgehead atoms. The van der Waals surface area contributed by atoms with Crippen LogP contribution in [0.5, 0.6) is 0 Å². The molecule has 0 heterocycles. The monoisotopic (exact) mass is 298 g/mol. The maximum Gasteiger partial charge on any atom is 0.169 e. The third-order valence-corrected chi connectivity index (χ3v) is 3.82. The molecule has 1 N–H and O–H groups in total. The number of benzene rings is 1.